The number of hydrogen-bond acceptors (Lipinski definition) is 8. The first-order chi connectivity index (χ1) is 17.5. The number of methoxy groups -OCH3 is 1. The van der Waals surface area contributed by atoms with Gasteiger partial charge in [0, 0.05) is 31.5 Å². The average molecular weight is 520 g/mol. The molecule has 196 valence electrons. The topological polar surface area (TPSA) is 104 Å². The zero-order chi connectivity index (χ0) is 25.2. The lowest BCUT2D eigenvalue weighted by molar-refractivity contribution is -0.0782. The summed E-state index contributed by atoms with van der Waals surface area (Å²) < 4.78 is 34.8. The van der Waals surface area contributed by atoms with Gasteiger partial charge in [-0.2, -0.15) is 0 Å². The molecule has 3 saturated heterocycles. The molecule has 3 aliphatic rings. The van der Waals surface area contributed by atoms with Crippen molar-refractivity contribution >= 4 is 8.53 Å². The average Bonchev–Trinajstić information content (AvgIpc) is 3.58. The molecule has 11 heteroatoms. The van der Waals surface area contributed by atoms with Gasteiger partial charge in [-0.25, -0.2) is 9.46 Å². The molecule has 2 unspecified atom stereocenters. The first-order valence-electron chi connectivity index (χ1n) is 12.5. The molecule has 4 heterocycles. The maximum atomic E-state index is 12.7. The highest BCUT2D eigenvalue weighted by molar-refractivity contribution is 7.45. The fourth-order valence-corrected chi connectivity index (χ4v) is 7.23. The zero-order valence-corrected chi connectivity index (χ0v) is 21.8. The minimum absolute atomic E-state index is 0.0460. The number of nitrogens with zero attached hydrogens (tertiary/aromatic N) is 2. The van der Waals surface area contributed by atoms with E-state index in [9.17, 15) is 9.59 Å². The Morgan fingerprint density at radius 3 is 2.72 bits per heavy atom. The van der Waals surface area contributed by atoms with Crippen molar-refractivity contribution in [3.05, 3.63) is 68.5 Å². The Kier molecular flexibility index (Phi) is 8.02. The Morgan fingerprint density at radius 1 is 1.17 bits per heavy atom. The molecular weight excluding hydrogens is 485 g/mol. The first kappa shape index (κ1) is 25.7. The maximum absolute atomic E-state index is 12.7. The van der Waals surface area contributed by atoms with Crippen LogP contribution in [0.2, 0.25) is 0 Å². The molecule has 2 aromatic rings. The fraction of sp³-hybridized carbons (Fsp3) is 0.600. The highest BCUT2D eigenvalue weighted by Gasteiger charge is 2.53. The van der Waals surface area contributed by atoms with Crippen LogP contribution >= 0.6 is 8.53 Å². The quantitative estimate of drug-likeness (QED) is 0.398. The van der Waals surface area contributed by atoms with Crippen molar-refractivity contribution in [1.82, 2.24) is 14.2 Å². The Morgan fingerprint density at radius 2 is 1.97 bits per heavy atom. The molecule has 7 atom stereocenters. The number of H-pyrrole nitrogens is 1. The highest BCUT2D eigenvalue weighted by atomic mass is 31.2. The van der Waals surface area contributed by atoms with E-state index in [2.05, 4.69) is 21.8 Å². The van der Waals surface area contributed by atoms with Crippen LogP contribution in [0.5, 0.6) is 0 Å². The molecule has 3 aliphatic heterocycles. The van der Waals surface area contributed by atoms with Gasteiger partial charge in [-0.15, -0.1) is 0 Å². The lowest BCUT2D eigenvalue weighted by atomic mass is 10.0. The molecule has 0 aliphatic carbocycles. The largest absolute Gasteiger partial charge is 0.382 e. The second kappa shape index (κ2) is 11.2. The van der Waals surface area contributed by atoms with Crippen molar-refractivity contribution in [2.75, 3.05) is 26.9 Å². The van der Waals surface area contributed by atoms with Crippen molar-refractivity contribution in [2.45, 2.75) is 69.8 Å². The van der Waals surface area contributed by atoms with Crippen LogP contribution in [0.25, 0.3) is 0 Å². The fourth-order valence-electron chi connectivity index (χ4n) is 5.24. The number of ether oxygens (including phenoxy) is 3. The molecule has 3 fully saturated rings. The Hall–Kier alpha value is -1.91. The molecule has 5 rings (SSSR count). The standard InChI is InChI=1S/C25H34N3O7P/c1-4-19-21(35-36-28-12-8-11-18(28)20(34-36)17-9-6-5-7-10-17)22(32-14-13-31-3)24(33-19)27-15-16(2)23(29)26-25(27)30/h5-7,9-10,15,18-22,24H,4,8,11-14H2,1-3H3,(H,26,29,30)/t18-,19+,20+,21-,22?,24+,36?/m0/s1. The summed E-state index contributed by atoms with van der Waals surface area (Å²) in [4.78, 5) is 27.1. The van der Waals surface area contributed by atoms with E-state index in [1.807, 2.05) is 25.1 Å². The van der Waals surface area contributed by atoms with E-state index in [4.69, 9.17) is 23.3 Å². The van der Waals surface area contributed by atoms with Gasteiger partial charge in [0.05, 0.1) is 19.3 Å². The zero-order valence-electron chi connectivity index (χ0n) is 20.9. The molecule has 0 spiro atoms. The number of rotatable bonds is 9. The summed E-state index contributed by atoms with van der Waals surface area (Å²) in [6.07, 6.45) is 2.18. The molecule has 0 amide bonds. The predicted octanol–water partition coefficient (Wildman–Crippen LogP) is 3.03. The smallest absolute Gasteiger partial charge is 0.330 e. The van der Waals surface area contributed by atoms with Crippen LogP contribution in [0, 0.1) is 6.92 Å². The van der Waals surface area contributed by atoms with Crippen molar-refractivity contribution in [3.8, 4) is 0 Å². The summed E-state index contributed by atoms with van der Waals surface area (Å²) in [5.74, 6) is 0. The minimum atomic E-state index is -1.35. The lowest BCUT2D eigenvalue weighted by Gasteiger charge is -2.29. The summed E-state index contributed by atoms with van der Waals surface area (Å²) in [7, 11) is 0.261. The molecule has 1 N–H and O–H groups in total. The number of benzene rings is 1. The number of aromatic nitrogens is 2. The Balaban J connectivity index is 1.43. The predicted molar refractivity (Wildman–Crippen MR) is 134 cm³/mol. The molecule has 36 heavy (non-hydrogen) atoms. The van der Waals surface area contributed by atoms with E-state index in [1.165, 1.54) is 10.8 Å². The minimum Gasteiger partial charge on any atom is -0.382 e. The van der Waals surface area contributed by atoms with Crippen LogP contribution in [-0.2, 0) is 23.3 Å². The van der Waals surface area contributed by atoms with Crippen LogP contribution in [-0.4, -0.2) is 65.4 Å². The number of aromatic amines is 1. The highest BCUT2D eigenvalue weighted by Crippen LogP contribution is 2.61. The van der Waals surface area contributed by atoms with E-state index in [-0.39, 0.29) is 18.2 Å². The number of nitrogens with one attached hydrogen (secondary N) is 1. The van der Waals surface area contributed by atoms with Crippen LogP contribution in [0.1, 0.15) is 49.6 Å². The second-order valence-corrected chi connectivity index (χ2v) is 10.8. The summed E-state index contributed by atoms with van der Waals surface area (Å²) in [6.45, 7) is 5.29. The Bertz CT molecular complexity index is 1140. The van der Waals surface area contributed by atoms with E-state index in [1.54, 1.807) is 14.0 Å². The molecule has 0 saturated carbocycles. The molecular formula is C25H34N3O7P. The summed E-state index contributed by atoms with van der Waals surface area (Å²) in [5.41, 5.74) is 0.609. The van der Waals surface area contributed by atoms with Crippen molar-refractivity contribution in [2.24, 2.45) is 0 Å². The van der Waals surface area contributed by atoms with Gasteiger partial charge in [0.2, 0.25) is 0 Å². The number of aryl methyl sites for hydroxylation is 1. The van der Waals surface area contributed by atoms with Crippen LogP contribution in [0.4, 0.5) is 0 Å². The SMILES string of the molecule is CC[C@H]1O[C@@H](n2cc(C)c(=O)[nH]c2=O)C(OCCOC)[C@H]1OP1O[C@H](c2ccccc2)[C@@H]2CCCN21. The number of fused-ring (bicyclic) bond motifs is 1. The summed E-state index contributed by atoms with van der Waals surface area (Å²) in [6, 6.07) is 10.6. The lowest BCUT2D eigenvalue weighted by Crippen LogP contribution is -2.41. The van der Waals surface area contributed by atoms with E-state index >= 15 is 0 Å². The maximum Gasteiger partial charge on any atom is 0.330 e. The van der Waals surface area contributed by atoms with Crippen molar-refractivity contribution in [1.29, 1.82) is 0 Å². The molecule has 1 aromatic heterocycles. The van der Waals surface area contributed by atoms with Crippen molar-refractivity contribution < 1.29 is 23.3 Å². The van der Waals surface area contributed by atoms with Gasteiger partial charge in [-0.1, -0.05) is 37.3 Å². The van der Waals surface area contributed by atoms with Gasteiger partial charge in [-0.05, 0) is 31.7 Å². The van der Waals surface area contributed by atoms with Crippen LogP contribution < -0.4 is 11.2 Å². The second-order valence-electron chi connectivity index (χ2n) is 9.40. The third-order valence-corrected chi connectivity index (χ3v) is 8.83. The molecule has 0 bridgehead atoms. The van der Waals surface area contributed by atoms with Crippen LogP contribution in [0.3, 0.4) is 0 Å². The van der Waals surface area contributed by atoms with Crippen LogP contribution in [0.15, 0.2) is 46.1 Å². The monoisotopic (exact) mass is 519 g/mol. The normalized spacial score (nSPS) is 32.2. The first-order valence-corrected chi connectivity index (χ1v) is 13.7. The van der Waals surface area contributed by atoms with E-state index < -0.39 is 38.2 Å². The van der Waals surface area contributed by atoms with E-state index in [0.29, 0.717) is 25.2 Å². The third kappa shape index (κ3) is 4.96. The van der Waals surface area contributed by atoms with Gasteiger partial charge in [0.15, 0.2) is 6.23 Å². The van der Waals surface area contributed by atoms with E-state index in [0.717, 1.165) is 24.9 Å². The van der Waals surface area contributed by atoms with Crippen molar-refractivity contribution in [3.63, 3.8) is 0 Å². The third-order valence-electron chi connectivity index (χ3n) is 7.08. The van der Waals surface area contributed by atoms with Gasteiger partial charge in [0.25, 0.3) is 14.1 Å². The molecule has 1 aromatic carbocycles. The van der Waals surface area contributed by atoms with Gasteiger partial charge < -0.3 is 23.3 Å². The Labute approximate surface area is 211 Å². The summed E-state index contributed by atoms with van der Waals surface area (Å²) >= 11 is 0. The van der Waals surface area contributed by atoms with Gasteiger partial charge in [0.1, 0.15) is 18.3 Å². The van der Waals surface area contributed by atoms with Gasteiger partial charge in [-0.3, -0.25) is 14.3 Å². The van der Waals surface area contributed by atoms with Gasteiger partial charge >= 0.3 is 5.69 Å². The summed E-state index contributed by atoms with van der Waals surface area (Å²) in [5, 5.41) is 0. The number of hydrogen-bond donors (Lipinski definition) is 1. The molecule has 10 nitrogen and oxygen atoms in total. The molecule has 0 radical (unpaired) electrons.